The molecule has 0 atom stereocenters. The number of anilines is 2. The van der Waals surface area contributed by atoms with Crippen LogP contribution in [-0.4, -0.2) is 29.4 Å². The van der Waals surface area contributed by atoms with Gasteiger partial charge in [-0.25, -0.2) is 9.78 Å². The Labute approximate surface area is 205 Å². The lowest BCUT2D eigenvalue weighted by Gasteiger charge is -2.12. The Morgan fingerprint density at radius 3 is 2.49 bits per heavy atom. The topological polar surface area (TPSA) is 107 Å². The minimum atomic E-state index is -0.672. The highest BCUT2D eigenvalue weighted by atomic mass is 32.1. The molecule has 1 heterocycles. The van der Waals surface area contributed by atoms with Gasteiger partial charge in [0.25, 0.3) is 11.8 Å². The summed E-state index contributed by atoms with van der Waals surface area (Å²) in [5.41, 5.74) is 3.96. The Hall–Kier alpha value is -4.50. The summed E-state index contributed by atoms with van der Waals surface area (Å²) in [4.78, 5) is 41.7. The molecular weight excluding hydrogens is 466 g/mol. The molecule has 35 heavy (non-hydrogen) atoms. The van der Waals surface area contributed by atoms with Gasteiger partial charge in [-0.2, -0.15) is 0 Å². The molecule has 4 aromatic rings. The van der Waals surface area contributed by atoms with Crippen LogP contribution in [-0.2, 0) is 16.1 Å². The summed E-state index contributed by atoms with van der Waals surface area (Å²) in [5, 5.41) is 7.28. The lowest BCUT2D eigenvalue weighted by Crippen LogP contribution is -2.23. The number of esters is 1. The first-order valence-corrected chi connectivity index (χ1v) is 11.5. The third-order valence-electron chi connectivity index (χ3n) is 4.75. The maximum absolute atomic E-state index is 12.7. The van der Waals surface area contributed by atoms with Gasteiger partial charge in [-0.15, -0.1) is 11.3 Å². The van der Waals surface area contributed by atoms with Gasteiger partial charge in [0.2, 0.25) is 0 Å². The average molecular weight is 488 g/mol. The van der Waals surface area contributed by atoms with E-state index in [1.165, 1.54) is 17.4 Å². The van der Waals surface area contributed by atoms with Gasteiger partial charge in [-0.05, 0) is 42.5 Å². The number of thiazole rings is 1. The third kappa shape index (κ3) is 6.75. The number of nitrogens with zero attached hydrogens (tertiary/aromatic N) is 1. The molecule has 0 saturated heterocycles. The number of benzene rings is 3. The summed E-state index contributed by atoms with van der Waals surface area (Å²) < 4.78 is 10.8. The van der Waals surface area contributed by atoms with Crippen molar-refractivity contribution >= 4 is 40.5 Å². The van der Waals surface area contributed by atoms with E-state index in [1.54, 1.807) is 72.2 Å². The van der Waals surface area contributed by atoms with Crippen LogP contribution in [0.1, 0.15) is 26.4 Å². The van der Waals surface area contributed by atoms with E-state index in [0.717, 1.165) is 5.69 Å². The Morgan fingerprint density at radius 1 is 0.886 bits per heavy atom. The van der Waals surface area contributed by atoms with Crippen LogP contribution < -0.4 is 15.4 Å². The highest BCUT2D eigenvalue weighted by Crippen LogP contribution is 2.18. The molecule has 0 spiro atoms. The number of amides is 2. The van der Waals surface area contributed by atoms with Gasteiger partial charge in [-0.1, -0.05) is 36.4 Å². The highest BCUT2D eigenvalue weighted by molar-refractivity contribution is 7.07. The van der Waals surface area contributed by atoms with Crippen LogP contribution in [0.15, 0.2) is 89.8 Å². The molecule has 0 aliphatic rings. The van der Waals surface area contributed by atoms with Crippen LogP contribution in [0.3, 0.4) is 0 Å². The number of rotatable bonds is 9. The normalized spacial score (nSPS) is 10.3. The third-order valence-corrected chi connectivity index (χ3v) is 5.39. The van der Waals surface area contributed by atoms with Crippen molar-refractivity contribution in [3.05, 3.63) is 107 Å². The summed E-state index contributed by atoms with van der Waals surface area (Å²) in [5.74, 6) is -1.14. The maximum atomic E-state index is 12.7. The number of carbonyl (C=O) groups excluding carboxylic acids is 3. The van der Waals surface area contributed by atoms with Crippen molar-refractivity contribution < 1.29 is 23.9 Å². The van der Waals surface area contributed by atoms with Gasteiger partial charge in [-0.3, -0.25) is 9.59 Å². The molecule has 9 heteroatoms. The van der Waals surface area contributed by atoms with Gasteiger partial charge in [0.15, 0.2) is 6.61 Å². The molecule has 176 valence electrons. The van der Waals surface area contributed by atoms with Crippen LogP contribution >= 0.6 is 11.3 Å². The molecular formula is C26H21N3O5S. The van der Waals surface area contributed by atoms with Gasteiger partial charge in [0.05, 0.1) is 28.0 Å². The summed E-state index contributed by atoms with van der Waals surface area (Å²) in [6.07, 6.45) is 0. The predicted octanol–water partition coefficient (Wildman–Crippen LogP) is 4.77. The van der Waals surface area contributed by atoms with E-state index in [1.807, 2.05) is 11.4 Å². The van der Waals surface area contributed by atoms with E-state index in [0.29, 0.717) is 17.1 Å². The van der Waals surface area contributed by atoms with Gasteiger partial charge >= 0.3 is 5.97 Å². The molecule has 3 aromatic carbocycles. The fraction of sp³-hybridized carbons (Fsp3) is 0.0769. The first-order chi connectivity index (χ1) is 17.1. The first kappa shape index (κ1) is 23.7. The van der Waals surface area contributed by atoms with Crippen LogP contribution in [0.4, 0.5) is 11.4 Å². The van der Waals surface area contributed by atoms with Gasteiger partial charge < -0.3 is 20.1 Å². The molecule has 2 amide bonds. The van der Waals surface area contributed by atoms with Gasteiger partial charge in [0, 0.05) is 11.1 Å². The number of hydrogen-bond acceptors (Lipinski definition) is 7. The lowest BCUT2D eigenvalue weighted by molar-refractivity contribution is -0.119. The molecule has 0 unspecified atom stereocenters. The SMILES string of the molecule is O=C(COC(=O)c1cccc(OCc2cscn2)c1)Nc1ccccc1C(=O)Nc1ccccc1. The van der Waals surface area contributed by atoms with Crippen molar-refractivity contribution in [3.8, 4) is 5.75 Å². The number of para-hydroxylation sites is 2. The Morgan fingerprint density at radius 2 is 1.69 bits per heavy atom. The summed E-state index contributed by atoms with van der Waals surface area (Å²) in [6, 6.07) is 22.0. The quantitative estimate of drug-likeness (QED) is 0.330. The zero-order valence-electron chi connectivity index (χ0n) is 18.5. The highest BCUT2D eigenvalue weighted by Gasteiger charge is 2.15. The average Bonchev–Trinajstić information content (AvgIpc) is 3.41. The maximum Gasteiger partial charge on any atom is 0.338 e. The number of ether oxygens (including phenoxy) is 2. The standard InChI is InChI=1S/C26H21N3O5S/c30-24(29-23-12-5-4-11-22(23)25(31)28-19-8-2-1-3-9-19)15-34-26(32)18-7-6-10-21(13-18)33-14-20-16-35-17-27-20/h1-13,16-17H,14-15H2,(H,28,31)(H,29,30). The number of nitrogens with one attached hydrogen (secondary N) is 2. The lowest BCUT2D eigenvalue weighted by atomic mass is 10.1. The zero-order valence-corrected chi connectivity index (χ0v) is 19.3. The molecule has 0 fully saturated rings. The van der Waals surface area contributed by atoms with Crippen molar-refractivity contribution in [1.82, 2.24) is 4.98 Å². The fourth-order valence-corrected chi connectivity index (χ4v) is 3.63. The van der Waals surface area contributed by atoms with E-state index in [-0.39, 0.29) is 23.6 Å². The van der Waals surface area contributed by atoms with Crippen molar-refractivity contribution in [2.45, 2.75) is 6.61 Å². The van der Waals surface area contributed by atoms with E-state index >= 15 is 0 Å². The van der Waals surface area contributed by atoms with Crippen LogP contribution in [0.5, 0.6) is 5.75 Å². The van der Waals surface area contributed by atoms with Gasteiger partial charge in [0.1, 0.15) is 12.4 Å². The molecule has 1 aromatic heterocycles. The second-order valence-electron chi connectivity index (χ2n) is 7.29. The Bertz CT molecular complexity index is 1310. The van der Waals surface area contributed by atoms with E-state index < -0.39 is 18.5 Å². The Kier molecular flexibility index (Phi) is 7.82. The molecule has 0 saturated carbocycles. The van der Waals surface area contributed by atoms with Crippen molar-refractivity contribution in [2.24, 2.45) is 0 Å². The molecule has 0 bridgehead atoms. The van der Waals surface area contributed by atoms with Crippen LogP contribution in [0.2, 0.25) is 0 Å². The predicted molar refractivity (Wildman–Crippen MR) is 133 cm³/mol. The second-order valence-corrected chi connectivity index (χ2v) is 8.01. The van der Waals surface area contributed by atoms with Crippen LogP contribution in [0.25, 0.3) is 0 Å². The van der Waals surface area contributed by atoms with E-state index in [9.17, 15) is 14.4 Å². The summed E-state index contributed by atoms with van der Waals surface area (Å²) in [7, 11) is 0. The molecule has 0 radical (unpaired) electrons. The van der Waals surface area contributed by atoms with E-state index in [4.69, 9.17) is 9.47 Å². The van der Waals surface area contributed by atoms with Crippen molar-refractivity contribution in [3.63, 3.8) is 0 Å². The molecule has 0 aliphatic carbocycles. The second kappa shape index (κ2) is 11.6. The summed E-state index contributed by atoms with van der Waals surface area (Å²) in [6.45, 7) is -0.237. The zero-order chi connectivity index (χ0) is 24.5. The molecule has 0 aliphatic heterocycles. The van der Waals surface area contributed by atoms with Crippen LogP contribution in [0, 0.1) is 0 Å². The molecule has 4 rings (SSSR count). The number of carbonyl (C=O) groups is 3. The Balaban J connectivity index is 1.32. The molecule has 8 nitrogen and oxygen atoms in total. The minimum Gasteiger partial charge on any atom is -0.487 e. The van der Waals surface area contributed by atoms with Crippen molar-refractivity contribution in [2.75, 3.05) is 17.2 Å². The van der Waals surface area contributed by atoms with Crippen molar-refractivity contribution in [1.29, 1.82) is 0 Å². The fourth-order valence-electron chi connectivity index (χ4n) is 3.09. The van der Waals surface area contributed by atoms with E-state index in [2.05, 4.69) is 15.6 Å². The number of aromatic nitrogens is 1. The largest absolute Gasteiger partial charge is 0.487 e. The summed E-state index contributed by atoms with van der Waals surface area (Å²) >= 11 is 1.47. The minimum absolute atomic E-state index is 0.246. The smallest absolute Gasteiger partial charge is 0.338 e. The monoisotopic (exact) mass is 487 g/mol. The number of hydrogen-bond donors (Lipinski definition) is 2. The first-order valence-electron chi connectivity index (χ1n) is 10.6. The molecule has 2 N–H and O–H groups in total.